The molecular formula is C20H21N7O2S. The number of hydrogen-bond donors (Lipinski definition) is 1. The van der Waals surface area contributed by atoms with E-state index in [1.807, 2.05) is 18.2 Å². The van der Waals surface area contributed by atoms with Crippen molar-refractivity contribution >= 4 is 26.6 Å². The van der Waals surface area contributed by atoms with Crippen LogP contribution in [0.5, 0.6) is 0 Å². The molecule has 1 fully saturated rings. The molecule has 0 bridgehead atoms. The van der Waals surface area contributed by atoms with Gasteiger partial charge in [-0.25, -0.2) is 18.1 Å². The summed E-state index contributed by atoms with van der Waals surface area (Å²) in [5, 5.41) is 9.28. The number of aryl methyl sites for hydroxylation is 1. The van der Waals surface area contributed by atoms with Crippen LogP contribution in [0.1, 0.15) is 11.5 Å². The molecule has 10 heteroatoms. The van der Waals surface area contributed by atoms with E-state index in [9.17, 15) is 8.42 Å². The number of benzene rings is 1. The molecule has 0 saturated carbocycles. The minimum atomic E-state index is -3.82. The molecule has 1 N–H and O–H groups in total. The van der Waals surface area contributed by atoms with Gasteiger partial charge in [0.05, 0.1) is 29.8 Å². The van der Waals surface area contributed by atoms with E-state index in [2.05, 4.69) is 31.9 Å². The Hall–Kier alpha value is -3.24. The van der Waals surface area contributed by atoms with E-state index in [1.54, 1.807) is 36.3 Å². The Labute approximate surface area is 174 Å². The van der Waals surface area contributed by atoms with E-state index in [0.717, 1.165) is 18.5 Å². The highest BCUT2D eigenvalue weighted by Crippen LogP contribution is 2.27. The second-order valence-electron chi connectivity index (χ2n) is 7.60. The lowest BCUT2D eigenvalue weighted by Crippen LogP contribution is -2.41. The summed E-state index contributed by atoms with van der Waals surface area (Å²) < 4.78 is 31.7. The van der Waals surface area contributed by atoms with Gasteiger partial charge in [-0.3, -0.25) is 9.40 Å². The van der Waals surface area contributed by atoms with Crippen molar-refractivity contribution in [3.63, 3.8) is 0 Å². The third-order valence-corrected chi connectivity index (χ3v) is 6.73. The zero-order valence-corrected chi connectivity index (χ0v) is 17.4. The number of fused-ring (bicyclic) bond motifs is 1. The first-order chi connectivity index (χ1) is 14.4. The minimum Gasteiger partial charge on any atom is -0.305 e. The van der Waals surface area contributed by atoms with Gasteiger partial charge in [-0.2, -0.15) is 10.2 Å². The second-order valence-corrected chi connectivity index (χ2v) is 9.29. The highest BCUT2D eigenvalue weighted by Gasteiger charge is 2.25. The Morgan fingerprint density at radius 2 is 1.93 bits per heavy atom. The largest absolute Gasteiger partial charge is 0.305 e. The number of nitrogens with one attached hydrogen (secondary N) is 1. The van der Waals surface area contributed by atoms with Gasteiger partial charge < -0.3 is 4.90 Å². The molecule has 0 spiro atoms. The molecule has 5 rings (SSSR count). The van der Waals surface area contributed by atoms with Crippen molar-refractivity contribution in [1.29, 1.82) is 0 Å². The number of aromatic nitrogens is 5. The number of likely N-dealkylation sites (tertiary alicyclic amines) is 1. The fourth-order valence-electron chi connectivity index (χ4n) is 3.81. The summed E-state index contributed by atoms with van der Waals surface area (Å²) in [5.74, 6) is 1.06. The van der Waals surface area contributed by atoms with Crippen molar-refractivity contribution < 1.29 is 8.42 Å². The average molecular weight is 424 g/mol. The molecule has 1 aliphatic rings. The van der Waals surface area contributed by atoms with Crippen LogP contribution >= 0.6 is 0 Å². The first kappa shape index (κ1) is 18.8. The molecule has 1 aliphatic heterocycles. The third-order valence-electron chi connectivity index (χ3n) is 5.41. The molecule has 0 atom stereocenters. The number of sulfonamides is 1. The number of para-hydroxylation sites is 1. The SMILES string of the molecule is CN1CC(c2ccnc(-n3cc(S(=O)(=O)Nc4cccc5cnn(C)c45)cn3)c2)C1. The molecule has 0 radical (unpaired) electrons. The quantitative estimate of drug-likeness (QED) is 0.527. The monoisotopic (exact) mass is 423 g/mol. The van der Waals surface area contributed by atoms with Crippen LogP contribution in [0.4, 0.5) is 5.69 Å². The van der Waals surface area contributed by atoms with Gasteiger partial charge >= 0.3 is 0 Å². The summed E-state index contributed by atoms with van der Waals surface area (Å²) >= 11 is 0. The van der Waals surface area contributed by atoms with Crippen molar-refractivity contribution in [3.05, 3.63) is 60.7 Å². The van der Waals surface area contributed by atoms with E-state index in [-0.39, 0.29) is 4.90 Å². The normalized spacial score (nSPS) is 15.4. The number of pyridine rings is 1. The zero-order chi connectivity index (χ0) is 20.9. The average Bonchev–Trinajstić information content (AvgIpc) is 3.34. The van der Waals surface area contributed by atoms with Crippen LogP contribution in [0.15, 0.2) is 60.0 Å². The topological polar surface area (TPSA) is 97.9 Å². The first-order valence-corrected chi connectivity index (χ1v) is 11.0. The number of likely N-dealkylation sites (N-methyl/N-ethyl adjacent to an activating group) is 1. The second kappa shape index (κ2) is 6.92. The van der Waals surface area contributed by atoms with Gasteiger partial charge in [0.1, 0.15) is 4.90 Å². The fraction of sp³-hybridized carbons (Fsp3) is 0.250. The molecular weight excluding hydrogens is 402 g/mol. The van der Waals surface area contributed by atoms with E-state index in [1.165, 1.54) is 22.6 Å². The predicted octanol–water partition coefficient (Wildman–Crippen LogP) is 1.98. The van der Waals surface area contributed by atoms with Gasteiger partial charge in [-0.05, 0) is 30.8 Å². The lowest BCUT2D eigenvalue weighted by atomic mass is 9.93. The Kier molecular flexibility index (Phi) is 4.33. The van der Waals surface area contributed by atoms with E-state index >= 15 is 0 Å². The Bertz CT molecular complexity index is 1340. The summed E-state index contributed by atoms with van der Waals surface area (Å²) in [6, 6.07) is 9.35. The minimum absolute atomic E-state index is 0.0669. The summed E-state index contributed by atoms with van der Waals surface area (Å²) in [6.07, 6.45) is 6.24. The number of nitrogens with zero attached hydrogens (tertiary/aromatic N) is 6. The van der Waals surface area contributed by atoms with Gasteiger partial charge in [0.2, 0.25) is 0 Å². The Morgan fingerprint density at radius 1 is 1.10 bits per heavy atom. The van der Waals surface area contributed by atoms with Crippen molar-refractivity contribution in [3.8, 4) is 5.82 Å². The molecule has 1 aromatic carbocycles. The molecule has 4 aromatic rings. The first-order valence-electron chi connectivity index (χ1n) is 9.54. The van der Waals surface area contributed by atoms with Crippen LogP contribution in [0.25, 0.3) is 16.7 Å². The van der Waals surface area contributed by atoms with Crippen LogP contribution in [0.3, 0.4) is 0 Å². The van der Waals surface area contributed by atoms with Crippen molar-refractivity contribution in [2.75, 3.05) is 24.9 Å². The predicted molar refractivity (Wildman–Crippen MR) is 113 cm³/mol. The lowest BCUT2D eigenvalue weighted by molar-refractivity contribution is 0.189. The molecule has 154 valence electrons. The smallest absolute Gasteiger partial charge is 0.265 e. The summed E-state index contributed by atoms with van der Waals surface area (Å²) in [4.78, 5) is 6.67. The van der Waals surface area contributed by atoms with E-state index < -0.39 is 10.0 Å². The van der Waals surface area contributed by atoms with Crippen LogP contribution in [0.2, 0.25) is 0 Å². The maximum absolute atomic E-state index is 13.0. The highest BCUT2D eigenvalue weighted by atomic mass is 32.2. The van der Waals surface area contributed by atoms with Crippen molar-refractivity contribution in [2.24, 2.45) is 7.05 Å². The molecule has 30 heavy (non-hydrogen) atoms. The molecule has 3 aromatic heterocycles. The van der Waals surface area contributed by atoms with Gasteiger partial charge in [-0.15, -0.1) is 0 Å². The molecule has 4 heterocycles. The summed E-state index contributed by atoms with van der Waals surface area (Å²) in [7, 11) is 0.0373. The van der Waals surface area contributed by atoms with Crippen LogP contribution in [-0.4, -0.2) is 58.0 Å². The fourth-order valence-corrected chi connectivity index (χ4v) is 4.81. The van der Waals surface area contributed by atoms with Gasteiger partial charge in [-0.1, -0.05) is 12.1 Å². The highest BCUT2D eigenvalue weighted by molar-refractivity contribution is 7.92. The van der Waals surface area contributed by atoms with E-state index in [0.29, 0.717) is 22.9 Å². The standard InChI is InChI=1S/C20H21N7O2S/c1-25-11-16(12-25)14-6-7-21-19(8-14)27-13-17(10-23-27)30(28,29)24-18-5-3-4-15-9-22-26(2)20(15)18/h3-10,13,16,24H,11-12H2,1-2H3. The van der Waals surface area contributed by atoms with Gasteiger partial charge in [0.15, 0.2) is 5.82 Å². The summed E-state index contributed by atoms with van der Waals surface area (Å²) in [6.45, 7) is 2.01. The molecule has 0 aliphatic carbocycles. The number of anilines is 1. The molecule has 9 nitrogen and oxygen atoms in total. The Morgan fingerprint density at radius 3 is 2.73 bits per heavy atom. The maximum atomic E-state index is 13.0. The maximum Gasteiger partial charge on any atom is 0.265 e. The van der Waals surface area contributed by atoms with Crippen molar-refractivity contribution in [1.82, 2.24) is 29.4 Å². The van der Waals surface area contributed by atoms with Crippen LogP contribution < -0.4 is 4.72 Å². The van der Waals surface area contributed by atoms with Gasteiger partial charge in [0.25, 0.3) is 10.0 Å². The molecule has 0 unspecified atom stereocenters. The number of hydrogen-bond acceptors (Lipinski definition) is 6. The van der Waals surface area contributed by atoms with Crippen LogP contribution in [-0.2, 0) is 17.1 Å². The Balaban J connectivity index is 1.43. The van der Waals surface area contributed by atoms with Crippen molar-refractivity contribution in [2.45, 2.75) is 10.8 Å². The lowest BCUT2D eigenvalue weighted by Gasteiger charge is -2.36. The number of rotatable bonds is 5. The molecule has 1 saturated heterocycles. The van der Waals surface area contributed by atoms with E-state index in [4.69, 9.17) is 0 Å². The zero-order valence-electron chi connectivity index (χ0n) is 16.6. The van der Waals surface area contributed by atoms with Gasteiger partial charge in [0, 0.05) is 37.6 Å². The molecule has 0 amide bonds. The van der Waals surface area contributed by atoms with Crippen LogP contribution in [0, 0.1) is 0 Å². The third kappa shape index (κ3) is 3.23. The summed E-state index contributed by atoms with van der Waals surface area (Å²) in [5.41, 5.74) is 2.36.